The highest BCUT2D eigenvalue weighted by molar-refractivity contribution is 9.10. The van der Waals surface area contributed by atoms with Crippen molar-refractivity contribution in [3.8, 4) is 11.5 Å². The summed E-state index contributed by atoms with van der Waals surface area (Å²) < 4.78 is 28.0. The molecule has 3 aromatic rings. The number of nitrogens with zero attached hydrogens (tertiary/aromatic N) is 4. The molecule has 0 fully saturated rings. The Morgan fingerprint density at radius 3 is 2.66 bits per heavy atom. The molecule has 7 nitrogen and oxygen atoms in total. The van der Waals surface area contributed by atoms with E-state index in [-0.39, 0.29) is 12.4 Å². The fraction of sp³-hybridized carbons (Fsp3) is 0.350. The first-order chi connectivity index (χ1) is 14.1. The van der Waals surface area contributed by atoms with Crippen LogP contribution in [-0.2, 0) is 19.7 Å². The molecule has 0 aliphatic carbocycles. The van der Waals surface area contributed by atoms with E-state index in [9.17, 15) is 4.39 Å². The molecule has 0 bridgehead atoms. The first kappa shape index (κ1) is 21.0. The number of hydrogen-bond acceptors (Lipinski definition) is 6. The summed E-state index contributed by atoms with van der Waals surface area (Å²) in [7, 11) is 0. The van der Waals surface area contributed by atoms with Crippen molar-refractivity contribution < 1.29 is 13.9 Å². The Labute approximate surface area is 177 Å². The van der Waals surface area contributed by atoms with Crippen molar-refractivity contribution in [3.63, 3.8) is 0 Å². The standard InChI is InChI=1S/C20H23BrFN5O2/c1-3-9-27-20(24-25-26-27)23-12-15-10-18(28-4-2)19(11-16(15)21)29-13-14-7-5-6-8-17(14)22/h5-8,10-11H,3-4,9,12-13H2,1-2H3,(H,23,24,26). The van der Waals surface area contributed by atoms with Crippen molar-refractivity contribution in [2.45, 2.75) is 40.0 Å². The summed E-state index contributed by atoms with van der Waals surface area (Å²) in [5.41, 5.74) is 1.44. The summed E-state index contributed by atoms with van der Waals surface area (Å²) >= 11 is 3.58. The van der Waals surface area contributed by atoms with Crippen molar-refractivity contribution in [3.05, 3.63) is 57.8 Å². The lowest BCUT2D eigenvalue weighted by Gasteiger charge is -2.16. The fourth-order valence-electron chi connectivity index (χ4n) is 2.73. The zero-order chi connectivity index (χ0) is 20.6. The van der Waals surface area contributed by atoms with Gasteiger partial charge in [-0.3, -0.25) is 0 Å². The van der Waals surface area contributed by atoms with Crippen LogP contribution in [0.4, 0.5) is 10.3 Å². The van der Waals surface area contributed by atoms with Crippen molar-refractivity contribution in [1.29, 1.82) is 0 Å². The van der Waals surface area contributed by atoms with Gasteiger partial charge in [0.1, 0.15) is 12.4 Å². The predicted molar refractivity (Wildman–Crippen MR) is 111 cm³/mol. The molecule has 0 aliphatic rings. The van der Waals surface area contributed by atoms with E-state index >= 15 is 0 Å². The third kappa shape index (κ3) is 5.44. The minimum Gasteiger partial charge on any atom is -0.490 e. The van der Waals surface area contributed by atoms with Gasteiger partial charge in [0.05, 0.1) is 6.61 Å². The lowest BCUT2D eigenvalue weighted by Crippen LogP contribution is -2.09. The van der Waals surface area contributed by atoms with Crippen LogP contribution in [0.2, 0.25) is 0 Å². The van der Waals surface area contributed by atoms with Gasteiger partial charge in [-0.05, 0) is 47.5 Å². The third-order valence-electron chi connectivity index (χ3n) is 4.16. The van der Waals surface area contributed by atoms with Gasteiger partial charge in [-0.2, -0.15) is 0 Å². The van der Waals surface area contributed by atoms with Gasteiger partial charge in [0.25, 0.3) is 0 Å². The van der Waals surface area contributed by atoms with Crippen LogP contribution in [-0.4, -0.2) is 26.8 Å². The summed E-state index contributed by atoms with van der Waals surface area (Å²) in [6, 6.07) is 10.3. The molecule has 0 saturated heterocycles. The molecule has 1 heterocycles. The lowest BCUT2D eigenvalue weighted by atomic mass is 10.2. The van der Waals surface area contributed by atoms with Crippen molar-refractivity contribution in [2.24, 2.45) is 0 Å². The zero-order valence-corrected chi connectivity index (χ0v) is 17.9. The van der Waals surface area contributed by atoms with Crippen molar-refractivity contribution >= 4 is 21.9 Å². The highest BCUT2D eigenvalue weighted by Gasteiger charge is 2.13. The molecular weight excluding hydrogens is 441 g/mol. The van der Waals surface area contributed by atoms with E-state index in [0.717, 1.165) is 23.0 Å². The van der Waals surface area contributed by atoms with Crippen LogP contribution in [0.1, 0.15) is 31.4 Å². The van der Waals surface area contributed by atoms with Crippen molar-refractivity contribution in [2.75, 3.05) is 11.9 Å². The molecule has 154 valence electrons. The first-order valence-electron chi connectivity index (χ1n) is 9.43. The maximum absolute atomic E-state index is 13.9. The average molecular weight is 464 g/mol. The number of rotatable bonds is 10. The minimum atomic E-state index is -0.296. The van der Waals surface area contributed by atoms with Gasteiger partial charge in [0, 0.05) is 23.1 Å². The molecule has 0 unspecified atom stereocenters. The van der Waals surface area contributed by atoms with Gasteiger partial charge >= 0.3 is 0 Å². The Morgan fingerprint density at radius 1 is 1.10 bits per heavy atom. The van der Waals surface area contributed by atoms with Gasteiger partial charge in [0.15, 0.2) is 11.5 Å². The predicted octanol–water partition coefficient (Wildman–Crippen LogP) is 4.57. The molecule has 2 aromatic carbocycles. The molecule has 1 N–H and O–H groups in total. The fourth-order valence-corrected chi connectivity index (χ4v) is 3.20. The van der Waals surface area contributed by atoms with Gasteiger partial charge < -0.3 is 14.8 Å². The molecular formula is C20H23BrFN5O2. The highest BCUT2D eigenvalue weighted by atomic mass is 79.9. The summed E-state index contributed by atoms with van der Waals surface area (Å²) in [6.45, 7) is 5.81. The number of ether oxygens (including phenoxy) is 2. The molecule has 0 amide bonds. The van der Waals surface area contributed by atoms with Crippen LogP contribution in [0.5, 0.6) is 11.5 Å². The molecule has 9 heteroatoms. The normalized spacial score (nSPS) is 10.8. The second-order valence-electron chi connectivity index (χ2n) is 6.28. The van der Waals surface area contributed by atoms with E-state index in [0.29, 0.717) is 36.2 Å². The number of benzene rings is 2. The molecule has 29 heavy (non-hydrogen) atoms. The molecule has 0 saturated carbocycles. The van der Waals surface area contributed by atoms with E-state index in [1.54, 1.807) is 22.9 Å². The minimum absolute atomic E-state index is 0.114. The molecule has 0 atom stereocenters. The quantitative estimate of drug-likeness (QED) is 0.474. The number of halogens is 2. The van der Waals surface area contributed by atoms with E-state index in [1.165, 1.54) is 6.07 Å². The van der Waals surface area contributed by atoms with Crippen LogP contribution in [0.25, 0.3) is 0 Å². The zero-order valence-electron chi connectivity index (χ0n) is 16.4. The maximum Gasteiger partial charge on any atom is 0.243 e. The number of nitrogens with one attached hydrogen (secondary N) is 1. The van der Waals surface area contributed by atoms with Crippen LogP contribution < -0.4 is 14.8 Å². The van der Waals surface area contributed by atoms with Gasteiger partial charge in [-0.1, -0.05) is 46.2 Å². The van der Waals surface area contributed by atoms with Crippen LogP contribution >= 0.6 is 15.9 Å². The maximum atomic E-state index is 13.9. The molecule has 0 radical (unpaired) electrons. The number of anilines is 1. The largest absolute Gasteiger partial charge is 0.490 e. The monoisotopic (exact) mass is 463 g/mol. The van der Waals surface area contributed by atoms with Gasteiger partial charge in [-0.15, -0.1) is 0 Å². The number of aryl methyl sites for hydroxylation is 1. The second-order valence-corrected chi connectivity index (χ2v) is 7.14. The van der Waals surface area contributed by atoms with Gasteiger partial charge in [-0.25, -0.2) is 9.07 Å². The van der Waals surface area contributed by atoms with Crippen molar-refractivity contribution in [1.82, 2.24) is 20.2 Å². The van der Waals surface area contributed by atoms with E-state index in [1.807, 2.05) is 19.1 Å². The number of hydrogen-bond donors (Lipinski definition) is 1. The van der Waals surface area contributed by atoms with E-state index < -0.39 is 0 Å². The Bertz CT molecular complexity index is 950. The summed E-state index contributed by atoms with van der Waals surface area (Å²) in [6.07, 6.45) is 0.936. The second kappa shape index (κ2) is 10.2. The number of tetrazole rings is 1. The lowest BCUT2D eigenvalue weighted by molar-refractivity contribution is 0.265. The molecule has 3 rings (SSSR count). The summed E-state index contributed by atoms with van der Waals surface area (Å²) in [5.74, 6) is 1.45. The smallest absolute Gasteiger partial charge is 0.243 e. The van der Waals surface area contributed by atoms with E-state index in [2.05, 4.69) is 43.7 Å². The Kier molecular flexibility index (Phi) is 7.40. The first-order valence-corrected chi connectivity index (χ1v) is 10.2. The SMILES string of the molecule is CCCn1nnnc1NCc1cc(OCC)c(OCc2ccccc2F)cc1Br. The third-order valence-corrected chi connectivity index (χ3v) is 4.90. The topological polar surface area (TPSA) is 74.1 Å². The Morgan fingerprint density at radius 2 is 1.90 bits per heavy atom. The number of aromatic nitrogens is 4. The summed E-state index contributed by atoms with van der Waals surface area (Å²) in [4.78, 5) is 0. The van der Waals surface area contributed by atoms with Crippen LogP contribution in [0, 0.1) is 5.82 Å². The average Bonchev–Trinajstić information content (AvgIpc) is 3.15. The molecule has 0 spiro atoms. The van der Waals surface area contributed by atoms with Crippen LogP contribution in [0.15, 0.2) is 40.9 Å². The van der Waals surface area contributed by atoms with E-state index in [4.69, 9.17) is 9.47 Å². The Balaban J connectivity index is 1.75. The van der Waals surface area contributed by atoms with Gasteiger partial charge in [0.2, 0.25) is 5.95 Å². The summed E-state index contributed by atoms with van der Waals surface area (Å²) in [5, 5.41) is 14.9. The molecule has 0 aliphatic heterocycles. The Hall–Kier alpha value is -2.68. The molecule has 1 aromatic heterocycles. The van der Waals surface area contributed by atoms with Crippen LogP contribution in [0.3, 0.4) is 0 Å². The highest BCUT2D eigenvalue weighted by Crippen LogP contribution is 2.35.